The summed E-state index contributed by atoms with van der Waals surface area (Å²) in [4.78, 5) is 13.5. The van der Waals surface area contributed by atoms with Gasteiger partial charge in [0.15, 0.2) is 0 Å². The van der Waals surface area contributed by atoms with Crippen LogP contribution in [-0.4, -0.2) is 41.7 Å². The van der Waals surface area contributed by atoms with E-state index in [1.807, 2.05) is 18.7 Å². The number of carbonyl (C=O) groups is 1. The fourth-order valence-corrected chi connectivity index (χ4v) is 2.21. The summed E-state index contributed by atoms with van der Waals surface area (Å²) >= 11 is 1.38. The van der Waals surface area contributed by atoms with Crippen LogP contribution in [0.2, 0.25) is 0 Å². The summed E-state index contributed by atoms with van der Waals surface area (Å²) in [6, 6.07) is 0. The molecule has 1 rings (SSSR count). The van der Waals surface area contributed by atoms with Crippen molar-refractivity contribution >= 4 is 17.0 Å². The van der Waals surface area contributed by atoms with Crippen LogP contribution in [0.4, 0.5) is 4.79 Å². The van der Waals surface area contributed by atoms with Crippen LogP contribution in [0.15, 0.2) is 0 Å². The van der Waals surface area contributed by atoms with E-state index in [1.54, 1.807) is 0 Å². The van der Waals surface area contributed by atoms with Gasteiger partial charge in [0.05, 0.1) is 6.10 Å². The van der Waals surface area contributed by atoms with Gasteiger partial charge in [0.1, 0.15) is 0 Å². The normalized spacial score (nSPS) is 21.1. The molecule has 0 N–H and O–H groups in total. The smallest absolute Gasteiger partial charge is 0.281 e. The molecular weight excluding hydrogens is 198 g/mol. The molecule has 0 bridgehead atoms. The van der Waals surface area contributed by atoms with Gasteiger partial charge in [0, 0.05) is 19.7 Å². The first-order chi connectivity index (χ1) is 6.77. The van der Waals surface area contributed by atoms with E-state index < -0.39 is 0 Å². The predicted octanol–water partition coefficient (Wildman–Crippen LogP) is 2.36. The van der Waals surface area contributed by atoms with Gasteiger partial charge in [-0.25, -0.2) is 0 Å². The largest absolute Gasteiger partial charge is 0.376 e. The molecule has 1 fully saturated rings. The quantitative estimate of drug-likeness (QED) is 0.724. The molecule has 0 saturated carbocycles. The summed E-state index contributed by atoms with van der Waals surface area (Å²) in [7, 11) is 0. The summed E-state index contributed by atoms with van der Waals surface area (Å²) in [6.45, 7) is 6.43. The van der Waals surface area contributed by atoms with Gasteiger partial charge in [-0.05, 0) is 25.5 Å². The first-order valence-corrected chi connectivity index (χ1v) is 6.29. The molecule has 82 valence electrons. The van der Waals surface area contributed by atoms with E-state index in [0.717, 1.165) is 38.3 Å². The van der Waals surface area contributed by atoms with E-state index in [9.17, 15) is 4.79 Å². The van der Waals surface area contributed by atoms with Crippen molar-refractivity contribution in [1.82, 2.24) is 4.90 Å². The van der Waals surface area contributed by atoms with Crippen LogP contribution in [0, 0.1) is 0 Å². The molecule has 14 heavy (non-hydrogen) atoms. The molecule has 1 aliphatic rings. The van der Waals surface area contributed by atoms with Crippen LogP contribution in [0.5, 0.6) is 0 Å². The third kappa shape index (κ3) is 3.50. The second kappa shape index (κ2) is 6.30. The Morgan fingerprint density at radius 2 is 2.36 bits per heavy atom. The van der Waals surface area contributed by atoms with Crippen LogP contribution in [0.3, 0.4) is 0 Å². The van der Waals surface area contributed by atoms with E-state index in [1.165, 1.54) is 11.8 Å². The third-order valence-corrected chi connectivity index (χ3v) is 3.15. The molecule has 4 heteroatoms. The number of thioether (sulfide) groups is 1. The Morgan fingerprint density at radius 1 is 1.57 bits per heavy atom. The number of likely N-dealkylation sites (N-methyl/N-ethyl adjacent to an activating group) is 1. The van der Waals surface area contributed by atoms with E-state index in [2.05, 4.69) is 0 Å². The second-order valence-corrected chi connectivity index (χ2v) is 4.59. The van der Waals surface area contributed by atoms with Gasteiger partial charge >= 0.3 is 0 Å². The van der Waals surface area contributed by atoms with Gasteiger partial charge in [-0.1, -0.05) is 18.7 Å². The molecule has 1 aliphatic heterocycles. The summed E-state index contributed by atoms with van der Waals surface area (Å²) in [5.41, 5.74) is 0. The second-order valence-electron chi connectivity index (χ2n) is 3.37. The SMILES string of the molecule is CCSC(=O)N(CC)CC1CCCO1. The highest BCUT2D eigenvalue weighted by atomic mass is 32.2. The third-order valence-electron chi connectivity index (χ3n) is 2.36. The molecule has 0 aromatic carbocycles. The van der Waals surface area contributed by atoms with Crippen molar-refractivity contribution in [2.45, 2.75) is 32.8 Å². The molecule has 0 aromatic heterocycles. The summed E-state index contributed by atoms with van der Waals surface area (Å²) in [5, 5.41) is 0.186. The fourth-order valence-electron chi connectivity index (χ4n) is 1.58. The van der Waals surface area contributed by atoms with Crippen molar-refractivity contribution in [3.05, 3.63) is 0 Å². The average molecular weight is 217 g/mol. The van der Waals surface area contributed by atoms with Gasteiger partial charge in [-0.3, -0.25) is 4.79 Å². The molecule has 1 amide bonds. The van der Waals surface area contributed by atoms with Gasteiger partial charge in [0.25, 0.3) is 5.24 Å². The van der Waals surface area contributed by atoms with Crippen molar-refractivity contribution < 1.29 is 9.53 Å². The Bertz CT molecular complexity index is 181. The zero-order valence-corrected chi connectivity index (χ0v) is 9.81. The topological polar surface area (TPSA) is 29.5 Å². The van der Waals surface area contributed by atoms with Gasteiger partial charge in [0.2, 0.25) is 0 Å². The molecule has 0 aliphatic carbocycles. The maximum atomic E-state index is 11.6. The van der Waals surface area contributed by atoms with E-state index in [0.29, 0.717) is 0 Å². The minimum absolute atomic E-state index is 0.186. The van der Waals surface area contributed by atoms with Crippen molar-refractivity contribution in [3.8, 4) is 0 Å². The van der Waals surface area contributed by atoms with Crippen LogP contribution in [0.1, 0.15) is 26.7 Å². The lowest BCUT2D eigenvalue weighted by Gasteiger charge is -2.23. The van der Waals surface area contributed by atoms with Crippen molar-refractivity contribution in [2.24, 2.45) is 0 Å². The predicted molar refractivity (Wildman–Crippen MR) is 59.7 cm³/mol. The molecule has 1 heterocycles. The van der Waals surface area contributed by atoms with Gasteiger partial charge in [-0.15, -0.1) is 0 Å². The molecule has 0 radical (unpaired) electrons. The van der Waals surface area contributed by atoms with Crippen molar-refractivity contribution in [3.63, 3.8) is 0 Å². The molecule has 0 spiro atoms. The Balaban J connectivity index is 2.33. The van der Waals surface area contributed by atoms with E-state index in [4.69, 9.17) is 4.74 Å². The number of carbonyl (C=O) groups excluding carboxylic acids is 1. The Labute approximate surface area is 90.2 Å². The zero-order valence-electron chi connectivity index (χ0n) is 8.99. The average Bonchev–Trinajstić information content (AvgIpc) is 2.66. The minimum atomic E-state index is 0.186. The number of amides is 1. The number of ether oxygens (including phenoxy) is 1. The lowest BCUT2D eigenvalue weighted by molar-refractivity contribution is 0.0867. The highest BCUT2D eigenvalue weighted by Crippen LogP contribution is 2.16. The maximum absolute atomic E-state index is 11.6. The molecule has 1 saturated heterocycles. The van der Waals surface area contributed by atoms with Gasteiger partial charge in [-0.2, -0.15) is 0 Å². The number of hydrogen-bond acceptors (Lipinski definition) is 3. The number of hydrogen-bond donors (Lipinski definition) is 0. The molecule has 1 atom stereocenters. The molecular formula is C10H19NO2S. The highest BCUT2D eigenvalue weighted by Gasteiger charge is 2.21. The Hall–Kier alpha value is -0.220. The number of nitrogens with zero attached hydrogens (tertiary/aromatic N) is 1. The van der Waals surface area contributed by atoms with E-state index in [-0.39, 0.29) is 11.3 Å². The molecule has 1 unspecified atom stereocenters. The van der Waals surface area contributed by atoms with Crippen LogP contribution in [-0.2, 0) is 4.74 Å². The monoisotopic (exact) mass is 217 g/mol. The van der Waals surface area contributed by atoms with Crippen molar-refractivity contribution in [1.29, 1.82) is 0 Å². The zero-order chi connectivity index (χ0) is 10.4. The lowest BCUT2D eigenvalue weighted by Crippen LogP contribution is -2.34. The highest BCUT2D eigenvalue weighted by molar-refractivity contribution is 8.13. The van der Waals surface area contributed by atoms with Crippen LogP contribution >= 0.6 is 11.8 Å². The number of rotatable bonds is 4. The first-order valence-electron chi connectivity index (χ1n) is 5.31. The fraction of sp³-hybridized carbons (Fsp3) is 0.900. The molecule has 3 nitrogen and oxygen atoms in total. The Kier molecular flexibility index (Phi) is 5.33. The van der Waals surface area contributed by atoms with E-state index >= 15 is 0 Å². The standard InChI is InChI=1S/C10H19NO2S/c1-3-11(10(12)14-4-2)8-9-6-5-7-13-9/h9H,3-8H2,1-2H3. The minimum Gasteiger partial charge on any atom is -0.376 e. The van der Waals surface area contributed by atoms with Crippen LogP contribution in [0.25, 0.3) is 0 Å². The summed E-state index contributed by atoms with van der Waals surface area (Å²) in [6.07, 6.45) is 2.51. The summed E-state index contributed by atoms with van der Waals surface area (Å²) in [5.74, 6) is 0.848. The lowest BCUT2D eigenvalue weighted by atomic mass is 10.2. The van der Waals surface area contributed by atoms with Gasteiger partial charge < -0.3 is 9.64 Å². The maximum Gasteiger partial charge on any atom is 0.281 e. The van der Waals surface area contributed by atoms with Crippen LogP contribution < -0.4 is 0 Å². The molecule has 0 aromatic rings. The first kappa shape index (κ1) is 11.9. The van der Waals surface area contributed by atoms with Crippen molar-refractivity contribution in [2.75, 3.05) is 25.4 Å². The Morgan fingerprint density at radius 3 is 2.86 bits per heavy atom. The summed E-state index contributed by atoms with van der Waals surface area (Å²) < 4.78 is 5.51.